The van der Waals surface area contributed by atoms with E-state index in [1.807, 2.05) is 12.1 Å². The van der Waals surface area contributed by atoms with Crippen LogP contribution in [0.3, 0.4) is 0 Å². The van der Waals surface area contributed by atoms with Gasteiger partial charge >= 0.3 is 11.9 Å². The first kappa shape index (κ1) is 15.3. The molecule has 2 aromatic carbocycles. The molecule has 2 aromatic rings. The normalized spacial score (nSPS) is 10.4. The molecule has 112 valence electrons. The lowest BCUT2D eigenvalue weighted by Gasteiger charge is -2.04. The van der Waals surface area contributed by atoms with Gasteiger partial charge in [0.25, 0.3) is 0 Å². The number of carbonyl (C=O) groups excluding carboxylic acids is 1. The van der Waals surface area contributed by atoms with Crippen molar-refractivity contribution in [1.82, 2.24) is 0 Å². The number of hydrogen-bond donors (Lipinski definition) is 1. The summed E-state index contributed by atoms with van der Waals surface area (Å²) in [6.45, 7) is 0. The van der Waals surface area contributed by atoms with E-state index in [4.69, 9.17) is 14.6 Å². The Balaban J connectivity index is 2.08. The predicted molar refractivity (Wildman–Crippen MR) is 81.1 cm³/mol. The summed E-state index contributed by atoms with van der Waals surface area (Å²) in [5.74, 6) is -0.870. The highest BCUT2D eigenvalue weighted by Gasteiger charge is 2.06. The van der Waals surface area contributed by atoms with Crippen LogP contribution in [0, 0.1) is 0 Å². The van der Waals surface area contributed by atoms with Gasteiger partial charge in [0.05, 0.1) is 12.7 Å². The fourth-order valence-electron chi connectivity index (χ4n) is 1.80. The molecule has 0 heterocycles. The van der Waals surface area contributed by atoms with Crippen LogP contribution in [-0.4, -0.2) is 24.2 Å². The van der Waals surface area contributed by atoms with E-state index in [2.05, 4.69) is 0 Å². The van der Waals surface area contributed by atoms with Gasteiger partial charge in [-0.15, -0.1) is 0 Å². The fraction of sp³-hybridized carbons (Fsp3) is 0.0588. The molecule has 0 fully saturated rings. The number of hydrogen-bond acceptors (Lipinski definition) is 4. The summed E-state index contributed by atoms with van der Waals surface area (Å²) in [7, 11) is 1.54. The van der Waals surface area contributed by atoms with Gasteiger partial charge in [-0.05, 0) is 30.3 Å². The summed E-state index contributed by atoms with van der Waals surface area (Å²) in [5, 5.41) is 8.88. The lowest BCUT2D eigenvalue weighted by Crippen LogP contribution is -2.05. The molecule has 0 unspecified atom stereocenters. The molecule has 0 bridgehead atoms. The first-order chi connectivity index (χ1) is 10.6. The highest BCUT2D eigenvalue weighted by Crippen LogP contribution is 2.19. The molecule has 0 saturated carbocycles. The molecule has 0 radical (unpaired) electrons. The van der Waals surface area contributed by atoms with Gasteiger partial charge < -0.3 is 14.6 Å². The van der Waals surface area contributed by atoms with Crippen LogP contribution in [0.4, 0.5) is 0 Å². The van der Waals surface area contributed by atoms with Crippen LogP contribution < -0.4 is 9.47 Å². The van der Waals surface area contributed by atoms with E-state index in [9.17, 15) is 9.59 Å². The minimum Gasteiger partial charge on any atom is -0.496 e. The Bertz CT molecular complexity index is 718. The zero-order chi connectivity index (χ0) is 15.9. The first-order valence-electron chi connectivity index (χ1n) is 6.46. The Morgan fingerprint density at radius 2 is 1.86 bits per heavy atom. The van der Waals surface area contributed by atoms with Crippen LogP contribution in [0.2, 0.25) is 0 Å². The second kappa shape index (κ2) is 7.08. The SMILES string of the molecule is COc1ccccc1/C=C/C(=O)Oc1cccc(C(=O)O)c1. The van der Waals surface area contributed by atoms with Crippen LogP contribution in [0.25, 0.3) is 6.08 Å². The molecule has 0 aromatic heterocycles. The molecule has 2 rings (SSSR count). The molecule has 0 spiro atoms. The lowest BCUT2D eigenvalue weighted by molar-refractivity contribution is -0.128. The van der Waals surface area contributed by atoms with Crippen molar-refractivity contribution in [2.24, 2.45) is 0 Å². The first-order valence-corrected chi connectivity index (χ1v) is 6.46. The van der Waals surface area contributed by atoms with E-state index in [1.165, 1.54) is 30.3 Å². The van der Waals surface area contributed by atoms with Crippen molar-refractivity contribution in [1.29, 1.82) is 0 Å². The molecule has 0 amide bonds. The maximum absolute atomic E-state index is 11.8. The van der Waals surface area contributed by atoms with Crippen LogP contribution in [0.15, 0.2) is 54.6 Å². The van der Waals surface area contributed by atoms with E-state index in [0.29, 0.717) is 5.75 Å². The van der Waals surface area contributed by atoms with Gasteiger partial charge in [0.2, 0.25) is 0 Å². The quantitative estimate of drug-likeness (QED) is 0.522. The molecule has 0 saturated heterocycles. The van der Waals surface area contributed by atoms with Crippen molar-refractivity contribution in [2.75, 3.05) is 7.11 Å². The number of carboxylic acids is 1. The van der Waals surface area contributed by atoms with E-state index in [-0.39, 0.29) is 11.3 Å². The van der Waals surface area contributed by atoms with Crippen molar-refractivity contribution in [3.63, 3.8) is 0 Å². The molecule has 0 atom stereocenters. The van der Waals surface area contributed by atoms with Gasteiger partial charge in [0.1, 0.15) is 11.5 Å². The third-order valence-electron chi connectivity index (χ3n) is 2.84. The number of ether oxygens (including phenoxy) is 2. The van der Waals surface area contributed by atoms with E-state index in [1.54, 1.807) is 25.3 Å². The minimum absolute atomic E-state index is 0.0546. The highest BCUT2D eigenvalue weighted by molar-refractivity contribution is 5.90. The average Bonchev–Trinajstić information content (AvgIpc) is 2.53. The Labute approximate surface area is 127 Å². The largest absolute Gasteiger partial charge is 0.496 e. The maximum Gasteiger partial charge on any atom is 0.336 e. The number of carbonyl (C=O) groups is 2. The number of para-hydroxylation sites is 1. The summed E-state index contributed by atoms with van der Waals surface area (Å²) in [6.07, 6.45) is 2.83. The van der Waals surface area contributed by atoms with Crippen molar-refractivity contribution in [2.45, 2.75) is 0 Å². The number of aromatic carboxylic acids is 1. The average molecular weight is 298 g/mol. The number of benzene rings is 2. The summed E-state index contributed by atoms with van der Waals surface area (Å²) < 4.78 is 10.2. The van der Waals surface area contributed by atoms with Crippen LogP contribution >= 0.6 is 0 Å². The van der Waals surface area contributed by atoms with Gasteiger partial charge in [-0.1, -0.05) is 24.3 Å². The zero-order valence-corrected chi connectivity index (χ0v) is 11.9. The molecular formula is C17H14O5. The van der Waals surface area contributed by atoms with Crippen LogP contribution in [0.1, 0.15) is 15.9 Å². The van der Waals surface area contributed by atoms with E-state index < -0.39 is 11.9 Å². The third-order valence-corrected chi connectivity index (χ3v) is 2.84. The molecule has 1 N–H and O–H groups in total. The summed E-state index contributed by atoms with van der Waals surface area (Å²) in [5.41, 5.74) is 0.792. The summed E-state index contributed by atoms with van der Waals surface area (Å²) in [6, 6.07) is 13.0. The molecule has 22 heavy (non-hydrogen) atoms. The summed E-state index contributed by atoms with van der Waals surface area (Å²) >= 11 is 0. The van der Waals surface area contributed by atoms with Crippen LogP contribution in [0.5, 0.6) is 11.5 Å². The van der Waals surface area contributed by atoms with Gasteiger partial charge in [0, 0.05) is 11.6 Å². The lowest BCUT2D eigenvalue weighted by atomic mass is 10.2. The number of rotatable bonds is 5. The fourth-order valence-corrected chi connectivity index (χ4v) is 1.80. The Hall–Kier alpha value is -3.08. The Morgan fingerprint density at radius 1 is 1.09 bits per heavy atom. The van der Waals surface area contributed by atoms with Crippen molar-refractivity contribution < 1.29 is 24.2 Å². The van der Waals surface area contributed by atoms with Gasteiger partial charge in [-0.3, -0.25) is 0 Å². The maximum atomic E-state index is 11.8. The molecule has 0 aliphatic rings. The standard InChI is InChI=1S/C17H14O5/c1-21-15-8-3-2-5-12(15)9-10-16(18)22-14-7-4-6-13(11-14)17(19)20/h2-11H,1H3,(H,19,20)/b10-9+. The molecule has 5 heteroatoms. The van der Waals surface area contributed by atoms with Crippen molar-refractivity contribution in [3.05, 3.63) is 65.7 Å². The van der Waals surface area contributed by atoms with E-state index >= 15 is 0 Å². The van der Waals surface area contributed by atoms with Crippen molar-refractivity contribution in [3.8, 4) is 11.5 Å². The molecule has 0 aliphatic heterocycles. The molecule has 5 nitrogen and oxygen atoms in total. The molecule has 0 aliphatic carbocycles. The number of methoxy groups -OCH3 is 1. The Morgan fingerprint density at radius 3 is 2.59 bits per heavy atom. The third kappa shape index (κ3) is 3.96. The van der Waals surface area contributed by atoms with Gasteiger partial charge in [0.15, 0.2) is 0 Å². The predicted octanol–water partition coefficient (Wildman–Crippen LogP) is 3.01. The van der Waals surface area contributed by atoms with Crippen molar-refractivity contribution >= 4 is 18.0 Å². The Kier molecular flexibility index (Phi) is 4.93. The second-order valence-electron chi connectivity index (χ2n) is 4.33. The van der Waals surface area contributed by atoms with Crippen LogP contribution in [-0.2, 0) is 4.79 Å². The van der Waals surface area contributed by atoms with E-state index in [0.717, 1.165) is 5.56 Å². The molecular weight excluding hydrogens is 284 g/mol. The minimum atomic E-state index is -1.08. The van der Waals surface area contributed by atoms with Gasteiger partial charge in [-0.2, -0.15) is 0 Å². The number of esters is 1. The smallest absolute Gasteiger partial charge is 0.336 e. The van der Waals surface area contributed by atoms with Gasteiger partial charge in [-0.25, -0.2) is 9.59 Å². The number of carboxylic acid groups (broad SMARTS) is 1. The topological polar surface area (TPSA) is 72.8 Å². The highest BCUT2D eigenvalue weighted by atomic mass is 16.5. The monoisotopic (exact) mass is 298 g/mol. The second-order valence-corrected chi connectivity index (χ2v) is 4.33. The zero-order valence-electron chi connectivity index (χ0n) is 11.9. The summed E-state index contributed by atoms with van der Waals surface area (Å²) in [4.78, 5) is 22.6.